The number of aromatic nitrogens is 2. The van der Waals surface area contributed by atoms with Crippen molar-refractivity contribution >= 4 is 11.7 Å². The predicted octanol–water partition coefficient (Wildman–Crippen LogP) is 3.58. The molecule has 0 saturated carbocycles. The lowest BCUT2D eigenvalue weighted by atomic mass is 10.2. The highest BCUT2D eigenvalue weighted by atomic mass is 19.4. The first-order chi connectivity index (χ1) is 13.3. The van der Waals surface area contributed by atoms with Crippen LogP contribution >= 0.6 is 0 Å². The van der Waals surface area contributed by atoms with Crippen molar-refractivity contribution in [2.24, 2.45) is 0 Å². The van der Waals surface area contributed by atoms with Crippen LogP contribution < -0.4 is 5.32 Å². The van der Waals surface area contributed by atoms with E-state index >= 15 is 0 Å². The molecule has 1 aliphatic rings. The minimum Gasteiger partial charge on any atom is -0.322 e. The van der Waals surface area contributed by atoms with E-state index < -0.39 is 11.7 Å². The molecule has 0 unspecified atom stereocenters. The molecule has 0 spiro atoms. The van der Waals surface area contributed by atoms with E-state index in [-0.39, 0.29) is 11.7 Å². The lowest BCUT2D eigenvalue weighted by Crippen LogP contribution is -2.49. The van der Waals surface area contributed by atoms with Crippen molar-refractivity contribution in [2.45, 2.75) is 33.1 Å². The van der Waals surface area contributed by atoms with Crippen LogP contribution in [0.15, 0.2) is 30.5 Å². The standard InChI is InChI=1S/C19H24F3N5O/c1-3-27-13-15(14(2)24-27)12-25-7-9-26(10-8-25)18(28)23-17-6-4-5-16(11-17)19(20,21)22/h4-6,11,13H,3,7-10,12H2,1-2H3,(H,23,28). The summed E-state index contributed by atoms with van der Waals surface area (Å²) in [4.78, 5) is 16.3. The Labute approximate surface area is 161 Å². The van der Waals surface area contributed by atoms with Gasteiger partial charge in [-0.1, -0.05) is 6.07 Å². The summed E-state index contributed by atoms with van der Waals surface area (Å²) in [6, 6.07) is 4.29. The average Bonchev–Trinajstić information content (AvgIpc) is 3.01. The highest BCUT2D eigenvalue weighted by Gasteiger charge is 2.30. The summed E-state index contributed by atoms with van der Waals surface area (Å²) in [6.45, 7) is 8.06. The fourth-order valence-corrected chi connectivity index (χ4v) is 3.20. The van der Waals surface area contributed by atoms with E-state index in [0.717, 1.165) is 30.9 Å². The number of anilines is 1. The second kappa shape index (κ2) is 8.22. The molecule has 6 nitrogen and oxygen atoms in total. The normalized spacial score (nSPS) is 15.7. The lowest BCUT2D eigenvalue weighted by molar-refractivity contribution is -0.137. The van der Waals surface area contributed by atoms with E-state index in [1.807, 2.05) is 24.7 Å². The number of nitrogens with one attached hydrogen (secondary N) is 1. The monoisotopic (exact) mass is 395 g/mol. The second-order valence-electron chi connectivity index (χ2n) is 6.87. The summed E-state index contributed by atoms with van der Waals surface area (Å²) in [5, 5.41) is 7.01. The minimum atomic E-state index is -4.43. The molecule has 0 aliphatic carbocycles. The van der Waals surface area contributed by atoms with E-state index in [1.165, 1.54) is 17.7 Å². The van der Waals surface area contributed by atoms with E-state index in [4.69, 9.17) is 0 Å². The summed E-state index contributed by atoms with van der Waals surface area (Å²) in [6.07, 6.45) is -2.39. The number of nitrogens with zero attached hydrogens (tertiary/aromatic N) is 4. The minimum absolute atomic E-state index is 0.143. The van der Waals surface area contributed by atoms with Crippen LogP contribution in [0.3, 0.4) is 0 Å². The first-order valence-corrected chi connectivity index (χ1v) is 9.24. The van der Waals surface area contributed by atoms with Crippen LogP contribution in [0.2, 0.25) is 0 Å². The molecule has 2 heterocycles. The van der Waals surface area contributed by atoms with Gasteiger partial charge in [-0.15, -0.1) is 0 Å². The van der Waals surface area contributed by atoms with Crippen molar-refractivity contribution in [1.29, 1.82) is 0 Å². The van der Waals surface area contributed by atoms with Gasteiger partial charge >= 0.3 is 12.2 Å². The fourth-order valence-electron chi connectivity index (χ4n) is 3.20. The third kappa shape index (κ3) is 4.83. The number of rotatable bonds is 4. The first-order valence-electron chi connectivity index (χ1n) is 9.24. The maximum Gasteiger partial charge on any atom is 0.416 e. The van der Waals surface area contributed by atoms with Crippen LogP contribution in [0, 0.1) is 6.92 Å². The maximum atomic E-state index is 12.8. The Bertz CT molecular complexity index is 825. The van der Waals surface area contributed by atoms with Gasteiger partial charge < -0.3 is 10.2 Å². The molecule has 1 fully saturated rings. The number of benzene rings is 1. The average molecular weight is 395 g/mol. The SMILES string of the molecule is CCn1cc(CN2CCN(C(=O)Nc3cccc(C(F)(F)F)c3)CC2)c(C)n1. The number of carbonyl (C=O) groups excluding carboxylic acids is 1. The Balaban J connectivity index is 1.53. The first kappa shape index (κ1) is 20.2. The van der Waals surface area contributed by atoms with Crippen molar-refractivity contribution in [2.75, 3.05) is 31.5 Å². The van der Waals surface area contributed by atoms with E-state index in [0.29, 0.717) is 26.2 Å². The van der Waals surface area contributed by atoms with Gasteiger partial charge in [0.25, 0.3) is 0 Å². The Hall–Kier alpha value is -2.55. The predicted molar refractivity (Wildman–Crippen MR) is 100.0 cm³/mol. The van der Waals surface area contributed by atoms with E-state index in [1.54, 1.807) is 4.90 Å². The third-order valence-corrected chi connectivity index (χ3v) is 4.87. The molecule has 1 aromatic carbocycles. The molecule has 152 valence electrons. The molecule has 1 saturated heterocycles. The molecule has 0 radical (unpaired) electrons. The van der Waals surface area contributed by atoms with Crippen molar-refractivity contribution in [3.05, 3.63) is 47.3 Å². The van der Waals surface area contributed by atoms with Crippen LogP contribution in [0.4, 0.5) is 23.7 Å². The largest absolute Gasteiger partial charge is 0.416 e. The molecule has 28 heavy (non-hydrogen) atoms. The van der Waals surface area contributed by atoms with Crippen molar-refractivity contribution in [3.63, 3.8) is 0 Å². The molecule has 1 N–H and O–H groups in total. The Morgan fingerprint density at radius 2 is 1.93 bits per heavy atom. The maximum absolute atomic E-state index is 12.8. The molecule has 1 aromatic heterocycles. The van der Waals surface area contributed by atoms with E-state index in [9.17, 15) is 18.0 Å². The van der Waals surface area contributed by atoms with Gasteiger partial charge in [0.05, 0.1) is 11.3 Å². The Morgan fingerprint density at radius 3 is 2.54 bits per heavy atom. The number of piperazine rings is 1. The molecule has 2 aromatic rings. The summed E-state index contributed by atoms with van der Waals surface area (Å²) in [7, 11) is 0. The lowest BCUT2D eigenvalue weighted by Gasteiger charge is -2.34. The van der Waals surface area contributed by atoms with Crippen LogP contribution in [-0.2, 0) is 19.3 Å². The Kier molecular flexibility index (Phi) is 5.93. The topological polar surface area (TPSA) is 53.4 Å². The molecule has 1 aliphatic heterocycles. The van der Waals surface area contributed by atoms with Gasteiger partial charge in [0.15, 0.2) is 0 Å². The number of halogens is 3. The Morgan fingerprint density at radius 1 is 1.21 bits per heavy atom. The number of hydrogen-bond donors (Lipinski definition) is 1. The van der Waals surface area contributed by atoms with Crippen LogP contribution in [-0.4, -0.2) is 51.8 Å². The van der Waals surface area contributed by atoms with Gasteiger partial charge in [-0.25, -0.2) is 4.79 Å². The summed E-state index contributed by atoms with van der Waals surface area (Å²) < 4.78 is 40.3. The summed E-state index contributed by atoms with van der Waals surface area (Å²) in [5.41, 5.74) is 1.54. The van der Waals surface area contributed by atoms with Gasteiger partial charge in [0.1, 0.15) is 0 Å². The zero-order valence-corrected chi connectivity index (χ0v) is 16.0. The van der Waals surface area contributed by atoms with Crippen LogP contribution in [0.25, 0.3) is 0 Å². The zero-order valence-electron chi connectivity index (χ0n) is 16.0. The molecule has 0 atom stereocenters. The number of alkyl halides is 3. The number of aryl methyl sites for hydroxylation is 2. The van der Waals surface area contributed by atoms with Crippen molar-refractivity contribution < 1.29 is 18.0 Å². The van der Waals surface area contributed by atoms with Crippen molar-refractivity contribution in [1.82, 2.24) is 19.6 Å². The second-order valence-corrected chi connectivity index (χ2v) is 6.87. The summed E-state index contributed by atoms with van der Waals surface area (Å²) in [5.74, 6) is 0. The zero-order chi connectivity index (χ0) is 20.3. The van der Waals surface area contributed by atoms with Crippen molar-refractivity contribution in [3.8, 4) is 0 Å². The van der Waals surface area contributed by atoms with Gasteiger partial charge in [0, 0.05) is 56.7 Å². The molecular formula is C19H24F3N5O. The number of hydrogen-bond acceptors (Lipinski definition) is 3. The van der Waals surface area contributed by atoms with Gasteiger partial charge in [-0.3, -0.25) is 9.58 Å². The summed E-state index contributed by atoms with van der Waals surface area (Å²) >= 11 is 0. The number of amides is 2. The number of carbonyl (C=O) groups is 1. The highest BCUT2D eigenvalue weighted by Crippen LogP contribution is 2.30. The van der Waals surface area contributed by atoms with Gasteiger partial charge in [-0.05, 0) is 32.0 Å². The molecule has 2 amide bonds. The van der Waals surface area contributed by atoms with Gasteiger partial charge in [-0.2, -0.15) is 18.3 Å². The smallest absolute Gasteiger partial charge is 0.322 e. The quantitative estimate of drug-likeness (QED) is 0.861. The molecule has 3 rings (SSSR count). The van der Waals surface area contributed by atoms with E-state index in [2.05, 4.69) is 15.3 Å². The van der Waals surface area contributed by atoms with Gasteiger partial charge in [0.2, 0.25) is 0 Å². The third-order valence-electron chi connectivity index (χ3n) is 4.87. The molecule has 9 heteroatoms. The highest BCUT2D eigenvalue weighted by molar-refractivity contribution is 5.89. The van der Waals surface area contributed by atoms with Crippen LogP contribution in [0.5, 0.6) is 0 Å². The van der Waals surface area contributed by atoms with Crippen LogP contribution in [0.1, 0.15) is 23.7 Å². The molecule has 0 bridgehead atoms. The fraction of sp³-hybridized carbons (Fsp3) is 0.474. The number of urea groups is 1. The molecular weight excluding hydrogens is 371 g/mol.